The van der Waals surface area contributed by atoms with Crippen molar-refractivity contribution in [2.45, 2.75) is 26.4 Å². The third-order valence-electron chi connectivity index (χ3n) is 2.36. The highest BCUT2D eigenvalue weighted by atomic mass is 32.2. The highest BCUT2D eigenvalue weighted by Crippen LogP contribution is 2.22. The molecule has 0 aliphatic carbocycles. The van der Waals surface area contributed by atoms with Crippen molar-refractivity contribution in [2.24, 2.45) is 0 Å². The fourth-order valence-electron chi connectivity index (χ4n) is 1.47. The predicted octanol–water partition coefficient (Wildman–Crippen LogP) is 2.57. The molecule has 0 aromatic carbocycles. The molecule has 2 rings (SSSR count). The maximum atomic E-state index is 3.58. The molecule has 72 valence electrons. The standard InChI is InChI=1S/C10H15NS2/c1-7-3-9(8(2)13-7)4-11-10-5-12-6-10/h3,10-11H,4-6H2,1-2H3. The quantitative estimate of drug-likeness (QED) is 0.828. The third kappa shape index (κ3) is 2.27. The van der Waals surface area contributed by atoms with Crippen LogP contribution in [0.4, 0.5) is 0 Å². The van der Waals surface area contributed by atoms with Crippen LogP contribution < -0.4 is 5.32 Å². The zero-order valence-electron chi connectivity index (χ0n) is 8.09. The van der Waals surface area contributed by atoms with E-state index in [-0.39, 0.29) is 0 Å². The summed E-state index contributed by atoms with van der Waals surface area (Å²) >= 11 is 3.93. The monoisotopic (exact) mass is 213 g/mol. The molecule has 0 unspecified atom stereocenters. The first-order valence-corrected chi connectivity index (χ1v) is 6.60. The van der Waals surface area contributed by atoms with Crippen molar-refractivity contribution < 1.29 is 0 Å². The molecule has 1 aliphatic rings. The molecule has 1 N–H and O–H groups in total. The highest BCUT2D eigenvalue weighted by molar-refractivity contribution is 8.00. The molecule has 1 fully saturated rings. The Morgan fingerprint density at radius 1 is 1.46 bits per heavy atom. The maximum absolute atomic E-state index is 3.58. The number of rotatable bonds is 3. The molecule has 0 spiro atoms. The minimum Gasteiger partial charge on any atom is -0.308 e. The van der Waals surface area contributed by atoms with E-state index in [0.29, 0.717) is 0 Å². The molecule has 0 saturated carbocycles. The second kappa shape index (κ2) is 4.03. The van der Waals surface area contributed by atoms with E-state index in [4.69, 9.17) is 0 Å². The van der Waals surface area contributed by atoms with Gasteiger partial charge in [0.2, 0.25) is 0 Å². The van der Waals surface area contributed by atoms with Crippen LogP contribution in [0.2, 0.25) is 0 Å². The molecular formula is C10H15NS2. The first-order chi connectivity index (χ1) is 6.25. The maximum Gasteiger partial charge on any atom is 0.0252 e. The van der Waals surface area contributed by atoms with Crippen LogP contribution in [0.5, 0.6) is 0 Å². The number of nitrogens with one attached hydrogen (secondary N) is 1. The lowest BCUT2D eigenvalue weighted by Crippen LogP contribution is -2.39. The van der Waals surface area contributed by atoms with E-state index in [1.165, 1.54) is 26.8 Å². The van der Waals surface area contributed by atoms with Crippen molar-refractivity contribution in [1.82, 2.24) is 5.32 Å². The normalized spacial score (nSPS) is 17.4. The second-order valence-electron chi connectivity index (χ2n) is 3.55. The van der Waals surface area contributed by atoms with Gasteiger partial charge in [-0.25, -0.2) is 0 Å². The Hall–Kier alpha value is 0.01000. The lowest BCUT2D eigenvalue weighted by molar-refractivity contribution is 0.583. The van der Waals surface area contributed by atoms with Gasteiger partial charge in [0.1, 0.15) is 0 Å². The molecule has 1 nitrogen and oxygen atoms in total. The topological polar surface area (TPSA) is 12.0 Å². The molecule has 1 saturated heterocycles. The summed E-state index contributed by atoms with van der Waals surface area (Å²) in [6.45, 7) is 5.45. The van der Waals surface area contributed by atoms with Gasteiger partial charge in [-0.1, -0.05) is 0 Å². The molecule has 0 atom stereocenters. The molecule has 0 radical (unpaired) electrons. The minimum absolute atomic E-state index is 0.768. The van der Waals surface area contributed by atoms with Gasteiger partial charge in [-0.3, -0.25) is 0 Å². The molecule has 0 bridgehead atoms. The van der Waals surface area contributed by atoms with Crippen molar-refractivity contribution in [1.29, 1.82) is 0 Å². The SMILES string of the molecule is Cc1cc(CNC2CSC2)c(C)s1. The summed E-state index contributed by atoms with van der Waals surface area (Å²) in [4.78, 5) is 2.90. The molecule has 3 heteroatoms. The van der Waals surface area contributed by atoms with E-state index >= 15 is 0 Å². The van der Waals surface area contributed by atoms with Crippen LogP contribution in [0.1, 0.15) is 15.3 Å². The van der Waals surface area contributed by atoms with Crippen LogP contribution in [-0.2, 0) is 6.54 Å². The zero-order chi connectivity index (χ0) is 9.26. The Bertz CT molecular complexity index is 289. The smallest absolute Gasteiger partial charge is 0.0252 e. The van der Waals surface area contributed by atoms with Gasteiger partial charge in [-0.2, -0.15) is 11.8 Å². The van der Waals surface area contributed by atoms with Crippen molar-refractivity contribution >= 4 is 23.1 Å². The lowest BCUT2D eigenvalue weighted by atomic mass is 10.2. The summed E-state index contributed by atoms with van der Waals surface area (Å²) in [6, 6.07) is 3.07. The third-order valence-corrected chi connectivity index (χ3v) is 4.65. The van der Waals surface area contributed by atoms with E-state index in [0.717, 1.165) is 12.6 Å². The Morgan fingerprint density at radius 3 is 2.69 bits per heavy atom. The van der Waals surface area contributed by atoms with Gasteiger partial charge in [-0.15, -0.1) is 11.3 Å². The lowest BCUT2D eigenvalue weighted by Gasteiger charge is -2.25. The molecule has 1 aliphatic heterocycles. The van der Waals surface area contributed by atoms with E-state index in [1.54, 1.807) is 0 Å². The fourth-order valence-corrected chi connectivity index (χ4v) is 3.12. The van der Waals surface area contributed by atoms with Crippen LogP contribution in [-0.4, -0.2) is 17.5 Å². The Morgan fingerprint density at radius 2 is 2.23 bits per heavy atom. The summed E-state index contributed by atoms with van der Waals surface area (Å²) in [5, 5.41) is 3.58. The van der Waals surface area contributed by atoms with E-state index in [9.17, 15) is 0 Å². The Kier molecular flexibility index (Phi) is 2.96. The van der Waals surface area contributed by atoms with Crippen LogP contribution in [0.3, 0.4) is 0 Å². The molecule has 1 aromatic heterocycles. The van der Waals surface area contributed by atoms with E-state index in [2.05, 4.69) is 25.2 Å². The van der Waals surface area contributed by atoms with E-state index in [1.807, 2.05) is 23.1 Å². The Balaban J connectivity index is 1.89. The predicted molar refractivity (Wildman–Crippen MR) is 61.7 cm³/mol. The average molecular weight is 213 g/mol. The number of thioether (sulfide) groups is 1. The van der Waals surface area contributed by atoms with Crippen molar-refractivity contribution in [2.75, 3.05) is 11.5 Å². The van der Waals surface area contributed by atoms with Crippen molar-refractivity contribution in [3.63, 3.8) is 0 Å². The summed E-state index contributed by atoms with van der Waals surface area (Å²) in [5.74, 6) is 2.59. The average Bonchev–Trinajstić information content (AvgIpc) is 2.27. The molecule has 13 heavy (non-hydrogen) atoms. The Labute approximate surface area is 87.9 Å². The van der Waals surface area contributed by atoms with Crippen LogP contribution in [0.15, 0.2) is 6.07 Å². The van der Waals surface area contributed by atoms with E-state index < -0.39 is 0 Å². The fraction of sp³-hybridized carbons (Fsp3) is 0.600. The van der Waals surface area contributed by atoms with Gasteiger partial charge >= 0.3 is 0 Å². The second-order valence-corrected chi connectivity index (χ2v) is 6.09. The molecular weight excluding hydrogens is 198 g/mol. The van der Waals surface area contributed by atoms with Gasteiger partial charge in [0.25, 0.3) is 0 Å². The van der Waals surface area contributed by atoms with Gasteiger partial charge in [-0.05, 0) is 25.5 Å². The number of hydrogen-bond acceptors (Lipinski definition) is 3. The van der Waals surface area contributed by atoms with Crippen molar-refractivity contribution in [3.05, 3.63) is 21.4 Å². The summed E-state index contributed by atoms with van der Waals surface area (Å²) in [6.07, 6.45) is 0. The zero-order valence-corrected chi connectivity index (χ0v) is 9.73. The molecule has 1 aromatic rings. The number of aryl methyl sites for hydroxylation is 2. The number of thiophene rings is 1. The van der Waals surface area contributed by atoms with Crippen molar-refractivity contribution in [3.8, 4) is 0 Å². The number of hydrogen-bond donors (Lipinski definition) is 1. The molecule has 2 heterocycles. The highest BCUT2D eigenvalue weighted by Gasteiger charge is 2.17. The van der Waals surface area contributed by atoms with Gasteiger partial charge in [0, 0.05) is 33.8 Å². The summed E-state index contributed by atoms with van der Waals surface area (Å²) < 4.78 is 0. The van der Waals surface area contributed by atoms with Gasteiger partial charge in [0.05, 0.1) is 0 Å². The first-order valence-electron chi connectivity index (χ1n) is 4.63. The minimum atomic E-state index is 0.768. The summed E-state index contributed by atoms with van der Waals surface area (Å²) in [5.41, 5.74) is 1.49. The van der Waals surface area contributed by atoms with Crippen LogP contribution in [0, 0.1) is 13.8 Å². The largest absolute Gasteiger partial charge is 0.308 e. The van der Waals surface area contributed by atoms with Crippen LogP contribution >= 0.6 is 23.1 Å². The van der Waals surface area contributed by atoms with Gasteiger partial charge in [0.15, 0.2) is 0 Å². The molecule has 0 amide bonds. The first kappa shape index (κ1) is 9.56. The van der Waals surface area contributed by atoms with Gasteiger partial charge < -0.3 is 5.32 Å². The summed E-state index contributed by atoms with van der Waals surface area (Å²) in [7, 11) is 0. The van der Waals surface area contributed by atoms with Crippen LogP contribution in [0.25, 0.3) is 0 Å².